The summed E-state index contributed by atoms with van der Waals surface area (Å²) in [6, 6.07) is 5.90. The minimum atomic E-state index is -4.59. The van der Waals surface area contributed by atoms with Gasteiger partial charge < -0.3 is 4.89 Å². The highest BCUT2D eigenvalue weighted by Crippen LogP contribution is 2.40. The molecule has 23 heavy (non-hydrogen) atoms. The molecule has 0 unspecified atom stereocenters. The van der Waals surface area contributed by atoms with Gasteiger partial charge in [0.15, 0.2) is 0 Å². The smallest absolute Gasteiger partial charge is 0.338 e. The third kappa shape index (κ3) is 3.76. The van der Waals surface area contributed by atoms with Crippen LogP contribution in [0.5, 0.6) is 0 Å². The van der Waals surface area contributed by atoms with Gasteiger partial charge in [-0.05, 0) is 48.5 Å². The monoisotopic (exact) mass is 354 g/mol. The van der Waals surface area contributed by atoms with E-state index in [0.29, 0.717) is 24.3 Å². The number of rotatable bonds is 2. The summed E-state index contributed by atoms with van der Waals surface area (Å²) >= 11 is 0. The minimum Gasteiger partial charge on any atom is -0.338 e. The lowest BCUT2D eigenvalue weighted by Gasteiger charge is -2.14. The quantitative estimate of drug-likeness (QED) is 0.655. The van der Waals surface area contributed by atoms with Crippen molar-refractivity contribution in [2.75, 3.05) is 0 Å². The molecule has 2 nitrogen and oxygen atoms in total. The summed E-state index contributed by atoms with van der Waals surface area (Å²) < 4.78 is 87.1. The molecule has 1 N–H and O–H groups in total. The molecule has 0 bridgehead atoms. The van der Waals surface area contributed by atoms with Crippen LogP contribution in [0.25, 0.3) is 0 Å². The van der Waals surface area contributed by atoms with Gasteiger partial charge in [0.25, 0.3) is 7.37 Å². The molecule has 9 heteroatoms. The third-order valence-electron chi connectivity index (χ3n) is 3.09. The van der Waals surface area contributed by atoms with E-state index in [1.807, 2.05) is 0 Å². The van der Waals surface area contributed by atoms with Gasteiger partial charge in [0.2, 0.25) is 0 Å². The highest BCUT2D eigenvalue weighted by atomic mass is 31.2. The molecule has 0 aromatic heterocycles. The fraction of sp³-hybridized carbons (Fsp3) is 0.143. The predicted molar refractivity (Wildman–Crippen MR) is 72.0 cm³/mol. The molecule has 0 fully saturated rings. The summed E-state index contributed by atoms with van der Waals surface area (Å²) in [6.45, 7) is 0. The van der Waals surface area contributed by atoms with E-state index in [-0.39, 0.29) is 10.6 Å². The van der Waals surface area contributed by atoms with Gasteiger partial charge in [-0.15, -0.1) is 0 Å². The molecule has 0 atom stereocenters. The van der Waals surface area contributed by atoms with E-state index >= 15 is 0 Å². The molecular weight excluding hydrogens is 345 g/mol. The van der Waals surface area contributed by atoms with Crippen LogP contribution in [0.2, 0.25) is 0 Å². The van der Waals surface area contributed by atoms with Gasteiger partial charge >= 0.3 is 12.4 Å². The number of halogens is 6. The molecule has 0 aliphatic carbocycles. The molecule has 0 aliphatic heterocycles. The largest absolute Gasteiger partial charge is 0.416 e. The first kappa shape index (κ1) is 17.6. The van der Waals surface area contributed by atoms with E-state index in [2.05, 4.69) is 0 Å². The van der Waals surface area contributed by atoms with E-state index in [1.165, 1.54) is 0 Å². The zero-order valence-corrected chi connectivity index (χ0v) is 12.1. The topological polar surface area (TPSA) is 37.3 Å². The molecule has 0 saturated heterocycles. The second-order valence-corrected chi connectivity index (χ2v) is 6.85. The average Bonchev–Trinajstić information content (AvgIpc) is 2.46. The van der Waals surface area contributed by atoms with Crippen molar-refractivity contribution in [1.82, 2.24) is 0 Å². The molecule has 0 aliphatic rings. The van der Waals surface area contributed by atoms with Gasteiger partial charge in [0.1, 0.15) is 0 Å². The summed E-state index contributed by atoms with van der Waals surface area (Å²) in [5.41, 5.74) is -1.98. The fourth-order valence-electron chi connectivity index (χ4n) is 1.85. The lowest BCUT2D eigenvalue weighted by atomic mass is 10.2. The Hall–Kier alpha value is -1.79. The van der Waals surface area contributed by atoms with Crippen molar-refractivity contribution in [2.45, 2.75) is 12.4 Å². The second kappa shape index (κ2) is 5.69. The Labute approximate surface area is 126 Å². The minimum absolute atomic E-state index is 0.301. The zero-order chi connectivity index (χ0) is 17.5. The van der Waals surface area contributed by atoms with Crippen molar-refractivity contribution >= 4 is 18.0 Å². The van der Waals surface area contributed by atoms with Crippen LogP contribution in [-0.4, -0.2) is 4.89 Å². The van der Waals surface area contributed by atoms with Crippen LogP contribution in [0.15, 0.2) is 48.5 Å². The van der Waals surface area contributed by atoms with Crippen LogP contribution in [-0.2, 0) is 16.9 Å². The van der Waals surface area contributed by atoms with Gasteiger partial charge in [-0.2, -0.15) is 26.3 Å². The van der Waals surface area contributed by atoms with Crippen molar-refractivity contribution in [2.24, 2.45) is 0 Å². The number of hydrogen-bond acceptors (Lipinski definition) is 1. The maximum Gasteiger partial charge on any atom is 0.416 e. The van der Waals surface area contributed by atoms with E-state index in [9.17, 15) is 35.8 Å². The molecule has 2 aromatic carbocycles. The first-order valence-electron chi connectivity index (χ1n) is 6.11. The van der Waals surface area contributed by atoms with Crippen molar-refractivity contribution < 1.29 is 35.8 Å². The number of benzene rings is 2. The van der Waals surface area contributed by atoms with Crippen LogP contribution >= 0.6 is 7.37 Å². The number of hydrogen-bond donors (Lipinski definition) is 1. The maximum absolute atomic E-state index is 12.5. The van der Waals surface area contributed by atoms with Crippen LogP contribution in [0.4, 0.5) is 26.3 Å². The lowest BCUT2D eigenvalue weighted by Crippen LogP contribution is -2.17. The Bertz CT molecular complexity index is 670. The predicted octanol–water partition coefficient (Wildman–Crippen LogP) is 3.95. The summed E-state index contributed by atoms with van der Waals surface area (Å²) in [5, 5.41) is -0.601. The van der Waals surface area contributed by atoms with E-state index < -0.39 is 30.8 Å². The highest BCUT2D eigenvalue weighted by molar-refractivity contribution is 7.73. The fourth-order valence-corrected chi connectivity index (χ4v) is 3.26. The van der Waals surface area contributed by atoms with Crippen LogP contribution in [0.3, 0.4) is 0 Å². The Morgan fingerprint density at radius 3 is 1.13 bits per heavy atom. The Balaban J connectivity index is 2.36. The summed E-state index contributed by atoms with van der Waals surface area (Å²) in [5.74, 6) is 0. The second-order valence-electron chi connectivity index (χ2n) is 4.67. The average molecular weight is 354 g/mol. The molecule has 0 amide bonds. The van der Waals surface area contributed by atoms with Gasteiger partial charge in [-0.25, -0.2) is 0 Å². The standard InChI is InChI=1S/C14H9F6O2P/c15-13(16,17)9-1-5-11(6-2-9)23(21,22)12-7-3-10(4-8-12)14(18,19)20/h1-8H,(H,21,22). The lowest BCUT2D eigenvalue weighted by molar-refractivity contribution is -0.138. The van der Waals surface area contributed by atoms with Crippen LogP contribution in [0.1, 0.15) is 11.1 Å². The SMILES string of the molecule is O=P(O)(c1ccc(C(F)(F)F)cc1)c1ccc(C(F)(F)F)cc1. The Morgan fingerprint density at radius 2 is 0.913 bits per heavy atom. The van der Waals surface area contributed by atoms with Crippen LogP contribution in [0, 0.1) is 0 Å². The van der Waals surface area contributed by atoms with Gasteiger partial charge in [-0.3, -0.25) is 4.57 Å². The van der Waals surface area contributed by atoms with Crippen molar-refractivity contribution in [3.63, 3.8) is 0 Å². The van der Waals surface area contributed by atoms with Crippen molar-refractivity contribution in [3.8, 4) is 0 Å². The van der Waals surface area contributed by atoms with E-state index in [1.54, 1.807) is 0 Å². The summed E-state index contributed by atoms with van der Waals surface area (Å²) in [4.78, 5) is 10.0. The maximum atomic E-state index is 12.5. The molecule has 0 spiro atoms. The summed E-state index contributed by atoms with van der Waals surface area (Å²) in [7, 11) is -4.28. The number of alkyl halides is 6. The first-order valence-corrected chi connectivity index (χ1v) is 7.77. The van der Waals surface area contributed by atoms with E-state index in [4.69, 9.17) is 0 Å². The molecule has 0 saturated carbocycles. The normalized spacial score (nSPS) is 13.2. The zero-order valence-electron chi connectivity index (χ0n) is 11.2. The van der Waals surface area contributed by atoms with Crippen molar-refractivity contribution in [1.29, 1.82) is 0 Å². The van der Waals surface area contributed by atoms with Gasteiger partial charge in [-0.1, -0.05) is 0 Å². The molecule has 2 rings (SSSR count). The Kier molecular flexibility index (Phi) is 4.34. The molecular formula is C14H9F6O2P. The molecule has 0 heterocycles. The van der Waals surface area contributed by atoms with Crippen LogP contribution < -0.4 is 10.6 Å². The van der Waals surface area contributed by atoms with Gasteiger partial charge in [0, 0.05) is 10.6 Å². The highest BCUT2D eigenvalue weighted by Gasteiger charge is 2.33. The van der Waals surface area contributed by atoms with Crippen molar-refractivity contribution in [3.05, 3.63) is 59.7 Å². The Morgan fingerprint density at radius 1 is 0.652 bits per heavy atom. The molecule has 0 radical (unpaired) electrons. The first-order chi connectivity index (χ1) is 10.4. The summed E-state index contributed by atoms with van der Waals surface area (Å²) in [6.07, 6.45) is -9.18. The molecule has 124 valence electrons. The van der Waals surface area contributed by atoms with E-state index in [0.717, 1.165) is 24.3 Å². The van der Waals surface area contributed by atoms with Gasteiger partial charge in [0.05, 0.1) is 11.1 Å². The third-order valence-corrected chi connectivity index (χ3v) is 5.09. The molecule has 2 aromatic rings.